The Hall–Kier alpha value is -2.40. The molecule has 0 fully saturated rings. The lowest BCUT2D eigenvalue weighted by molar-refractivity contribution is -0.671. The van der Waals surface area contributed by atoms with E-state index in [1.165, 1.54) is 17.3 Å². The third-order valence-electron chi connectivity index (χ3n) is 3.92. The summed E-state index contributed by atoms with van der Waals surface area (Å²) in [5.74, 6) is 0.711. The number of anilines is 1. The zero-order valence-electron chi connectivity index (χ0n) is 18.1. The largest absolute Gasteiger partial charge is 0.726 e. The number of hydrogen-bond acceptors (Lipinski definition) is 8. The molecule has 0 N–H and O–H groups in total. The van der Waals surface area contributed by atoms with Crippen LogP contribution in [0.4, 0.5) is 10.5 Å². The average Bonchev–Trinajstić information content (AvgIpc) is 2.74. The number of carbonyl (C=O) groups is 1. The minimum Gasteiger partial charge on any atom is -0.726 e. The molecule has 8 nitrogen and oxygen atoms in total. The SMILES string of the molecule is CCOC(=O)SCCN(C)c1ccc(/C=C/c2cc[n+](C)cc2)cc1.COS(=O)(=O)[O-]. The molecule has 0 spiro atoms. The minimum atomic E-state index is -4.41. The summed E-state index contributed by atoms with van der Waals surface area (Å²) < 4.78 is 37.9. The Balaban J connectivity index is 0.000000703. The number of hydrogen-bond donors (Lipinski definition) is 0. The highest BCUT2D eigenvalue weighted by molar-refractivity contribution is 8.13. The van der Waals surface area contributed by atoms with Gasteiger partial charge in [-0.3, -0.25) is 4.18 Å². The van der Waals surface area contributed by atoms with Crippen molar-refractivity contribution in [3.05, 3.63) is 59.9 Å². The number of ether oxygens (including phenoxy) is 1. The summed E-state index contributed by atoms with van der Waals surface area (Å²) in [5.41, 5.74) is 3.47. The van der Waals surface area contributed by atoms with Gasteiger partial charge in [0.1, 0.15) is 7.05 Å². The van der Waals surface area contributed by atoms with E-state index < -0.39 is 10.4 Å². The first-order chi connectivity index (χ1) is 14.6. The van der Waals surface area contributed by atoms with Crippen LogP contribution in [0.25, 0.3) is 12.2 Å². The number of pyridine rings is 1. The van der Waals surface area contributed by atoms with Gasteiger partial charge in [0, 0.05) is 37.2 Å². The molecule has 0 aliphatic carbocycles. The Labute approximate surface area is 188 Å². The lowest BCUT2D eigenvalue weighted by atomic mass is 10.1. The van der Waals surface area contributed by atoms with Crippen LogP contribution in [-0.4, -0.2) is 51.3 Å². The van der Waals surface area contributed by atoms with Crippen molar-refractivity contribution in [3.63, 3.8) is 0 Å². The van der Waals surface area contributed by atoms with E-state index in [-0.39, 0.29) is 5.30 Å². The summed E-state index contributed by atoms with van der Waals surface area (Å²) in [7, 11) is 0.432. The highest BCUT2D eigenvalue weighted by Gasteiger charge is 2.05. The second-order valence-electron chi connectivity index (χ2n) is 6.25. The zero-order valence-corrected chi connectivity index (χ0v) is 19.7. The highest BCUT2D eigenvalue weighted by atomic mass is 32.3. The maximum absolute atomic E-state index is 11.3. The molecule has 0 radical (unpaired) electrons. The van der Waals surface area contributed by atoms with Gasteiger partial charge in [-0.15, -0.1) is 0 Å². The average molecular weight is 469 g/mol. The smallest absolute Gasteiger partial charge is 0.367 e. The van der Waals surface area contributed by atoms with Gasteiger partial charge in [-0.25, -0.2) is 17.8 Å². The number of benzene rings is 1. The number of carbonyl (C=O) groups excluding carboxylic acids is 1. The second kappa shape index (κ2) is 13.8. The quantitative estimate of drug-likeness (QED) is 0.252. The Morgan fingerprint density at radius 1 is 1.13 bits per heavy atom. The Morgan fingerprint density at radius 2 is 1.65 bits per heavy atom. The Kier molecular flexibility index (Phi) is 11.9. The number of aryl methyl sites for hydroxylation is 1. The Morgan fingerprint density at radius 3 is 2.13 bits per heavy atom. The normalized spacial score (nSPS) is 11.0. The zero-order chi connectivity index (χ0) is 23.3. The molecule has 0 bridgehead atoms. The molecule has 0 unspecified atom stereocenters. The highest BCUT2D eigenvalue weighted by Crippen LogP contribution is 2.16. The van der Waals surface area contributed by atoms with Crippen molar-refractivity contribution in [3.8, 4) is 0 Å². The van der Waals surface area contributed by atoms with Gasteiger partial charge >= 0.3 is 5.30 Å². The summed E-state index contributed by atoms with van der Waals surface area (Å²) in [6.07, 6.45) is 8.28. The monoisotopic (exact) mass is 468 g/mol. The van der Waals surface area contributed by atoms with Crippen LogP contribution < -0.4 is 9.47 Å². The van der Waals surface area contributed by atoms with Crippen molar-refractivity contribution in [2.24, 2.45) is 7.05 Å². The predicted molar refractivity (Wildman–Crippen MR) is 122 cm³/mol. The molecule has 10 heteroatoms. The second-order valence-corrected chi connectivity index (χ2v) is 8.43. The summed E-state index contributed by atoms with van der Waals surface area (Å²) in [5, 5.41) is -0.203. The fourth-order valence-corrected chi connectivity index (χ4v) is 2.94. The van der Waals surface area contributed by atoms with Gasteiger partial charge in [0.05, 0.1) is 13.7 Å². The van der Waals surface area contributed by atoms with Gasteiger partial charge in [0.25, 0.3) is 0 Å². The molecule has 2 aromatic rings. The summed E-state index contributed by atoms with van der Waals surface area (Å²) >= 11 is 1.22. The summed E-state index contributed by atoms with van der Waals surface area (Å²) in [6.45, 7) is 3.04. The molecule has 0 aliphatic heterocycles. The molecule has 0 aliphatic rings. The standard InChI is InChI=1S/C20H25N2O2S.CH4O4S/c1-4-24-20(23)25-16-15-22(3)19-9-7-17(8-10-19)5-6-18-11-13-21(2)14-12-18;1-5-6(2,3)4/h5-14H,4,15-16H2,1-3H3;1H3,(H,2,3,4)/q+1;/p-1. The fraction of sp³-hybridized carbons (Fsp3) is 0.333. The third-order valence-corrected chi connectivity index (χ3v) is 5.07. The van der Waals surface area contributed by atoms with E-state index in [0.29, 0.717) is 12.4 Å². The van der Waals surface area contributed by atoms with Crippen molar-refractivity contribution in [1.29, 1.82) is 0 Å². The van der Waals surface area contributed by atoms with Crippen molar-refractivity contribution in [2.75, 3.05) is 38.0 Å². The lowest BCUT2D eigenvalue weighted by Crippen LogP contribution is -2.25. The molecule has 2 rings (SSSR count). The van der Waals surface area contributed by atoms with Gasteiger partial charge < -0.3 is 14.2 Å². The lowest BCUT2D eigenvalue weighted by Gasteiger charge is -2.18. The molecule has 1 aromatic heterocycles. The van der Waals surface area contributed by atoms with E-state index in [0.717, 1.165) is 24.9 Å². The number of rotatable bonds is 8. The van der Waals surface area contributed by atoms with Crippen LogP contribution in [0.3, 0.4) is 0 Å². The first-order valence-corrected chi connectivity index (χ1v) is 11.7. The van der Waals surface area contributed by atoms with Crippen LogP contribution in [0.5, 0.6) is 0 Å². The fourth-order valence-electron chi connectivity index (χ4n) is 2.21. The van der Waals surface area contributed by atoms with E-state index in [2.05, 4.69) is 57.6 Å². The van der Waals surface area contributed by atoms with E-state index in [1.807, 2.05) is 38.0 Å². The summed E-state index contributed by atoms with van der Waals surface area (Å²) in [4.78, 5) is 13.5. The van der Waals surface area contributed by atoms with E-state index in [4.69, 9.17) is 4.74 Å². The van der Waals surface area contributed by atoms with E-state index in [9.17, 15) is 17.8 Å². The van der Waals surface area contributed by atoms with Gasteiger partial charge in [0.15, 0.2) is 12.4 Å². The van der Waals surface area contributed by atoms with Crippen molar-refractivity contribution >= 4 is 45.3 Å². The van der Waals surface area contributed by atoms with Crippen LogP contribution in [0.2, 0.25) is 0 Å². The van der Waals surface area contributed by atoms with Gasteiger partial charge in [-0.05, 0) is 41.9 Å². The summed E-state index contributed by atoms with van der Waals surface area (Å²) in [6, 6.07) is 12.6. The molecule has 0 saturated heterocycles. The maximum atomic E-state index is 11.3. The van der Waals surface area contributed by atoms with E-state index in [1.54, 1.807) is 0 Å². The molecular formula is C21H28N2O6S2. The van der Waals surface area contributed by atoms with Crippen molar-refractivity contribution in [2.45, 2.75) is 6.92 Å². The van der Waals surface area contributed by atoms with Gasteiger partial charge in [-0.2, -0.15) is 0 Å². The number of nitrogens with zero attached hydrogens (tertiary/aromatic N) is 2. The van der Waals surface area contributed by atoms with Crippen molar-refractivity contribution < 1.29 is 31.3 Å². The van der Waals surface area contributed by atoms with Crippen LogP contribution in [-0.2, 0) is 26.4 Å². The molecule has 0 atom stereocenters. The Bertz CT molecular complexity index is 929. The van der Waals surface area contributed by atoms with Crippen LogP contribution in [0, 0.1) is 0 Å². The molecule has 0 amide bonds. The molecule has 0 saturated carbocycles. The molecule has 31 heavy (non-hydrogen) atoms. The van der Waals surface area contributed by atoms with Gasteiger partial charge in [-0.1, -0.05) is 24.3 Å². The first-order valence-electron chi connectivity index (χ1n) is 9.40. The molecule has 1 aromatic carbocycles. The third kappa shape index (κ3) is 12.1. The number of aromatic nitrogens is 1. The maximum Gasteiger partial charge on any atom is 0.367 e. The topological polar surface area (TPSA) is 99.9 Å². The molecular weight excluding hydrogens is 440 g/mol. The van der Waals surface area contributed by atoms with Crippen molar-refractivity contribution in [1.82, 2.24) is 0 Å². The molecule has 1 heterocycles. The molecule has 170 valence electrons. The van der Waals surface area contributed by atoms with Crippen LogP contribution in [0.1, 0.15) is 18.1 Å². The van der Waals surface area contributed by atoms with Gasteiger partial charge in [0.2, 0.25) is 10.4 Å². The van der Waals surface area contributed by atoms with Crippen LogP contribution in [0.15, 0.2) is 48.8 Å². The van der Waals surface area contributed by atoms with Crippen LogP contribution >= 0.6 is 11.8 Å². The number of thioether (sulfide) groups is 1. The first kappa shape index (κ1) is 26.6. The van der Waals surface area contributed by atoms with E-state index >= 15 is 0 Å². The minimum absolute atomic E-state index is 0.203. The predicted octanol–water partition coefficient (Wildman–Crippen LogP) is 3.10.